The normalized spacial score (nSPS) is 15.5. The van der Waals surface area contributed by atoms with Gasteiger partial charge in [0.2, 0.25) is 0 Å². The molecule has 1 heterocycles. The first-order valence-electron chi connectivity index (χ1n) is 5.48. The summed E-state index contributed by atoms with van der Waals surface area (Å²) in [6.45, 7) is 3.08. The quantitative estimate of drug-likeness (QED) is 0.916. The summed E-state index contributed by atoms with van der Waals surface area (Å²) in [5.41, 5.74) is 2.63. The van der Waals surface area contributed by atoms with Gasteiger partial charge in [-0.3, -0.25) is 4.98 Å². The van der Waals surface area contributed by atoms with E-state index in [1.54, 1.807) is 0 Å². The van der Waals surface area contributed by atoms with Crippen LogP contribution in [0.25, 0.3) is 0 Å². The molecule has 98 valence electrons. The second kappa shape index (κ2) is 6.43. The number of rotatable bonds is 4. The maximum atomic E-state index is 4.31. The van der Waals surface area contributed by atoms with Crippen molar-refractivity contribution in [3.05, 3.63) is 24.0 Å². The number of hydrogen-bond acceptors (Lipinski definition) is 3. The van der Waals surface area contributed by atoms with Crippen LogP contribution in [0, 0.1) is 6.92 Å². The third-order valence-corrected chi connectivity index (χ3v) is 3.26. The lowest BCUT2D eigenvalue weighted by atomic mass is 10.2. The second-order valence-corrected chi connectivity index (χ2v) is 4.54. The van der Waals surface area contributed by atoms with Gasteiger partial charge in [-0.1, -0.05) is 0 Å². The van der Waals surface area contributed by atoms with E-state index < -0.39 is 0 Å². The molecule has 17 heavy (non-hydrogen) atoms. The number of pyridine rings is 1. The maximum Gasteiger partial charge on any atom is 0.0551 e. The highest BCUT2D eigenvalue weighted by molar-refractivity contribution is 5.85. The predicted octanol–water partition coefficient (Wildman–Crippen LogP) is 2.42. The Hall–Kier alpha value is -0.510. The minimum atomic E-state index is 0. The molecule has 1 aliphatic carbocycles. The molecule has 0 saturated heterocycles. The van der Waals surface area contributed by atoms with Crippen LogP contribution in [0.1, 0.15) is 18.5 Å². The smallest absolute Gasteiger partial charge is 0.0551 e. The minimum absolute atomic E-state index is 0. The van der Waals surface area contributed by atoms with Gasteiger partial charge in [0.15, 0.2) is 0 Å². The van der Waals surface area contributed by atoms with Crippen LogP contribution in [0.4, 0.5) is 5.69 Å². The van der Waals surface area contributed by atoms with Crippen LogP contribution in [0.5, 0.6) is 0 Å². The molecule has 5 heteroatoms. The summed E-state index contributed by atoms with van der Waals surface area (Å²) in [4.78, 5) is 6.59. The van der Waals surface area contributed by atoms with E-state index in [0.29, 0.717) is 5.54 Å². The van der Waals surface area contributed by atoms with Gasteiger partial charge in [0.25, 0.3) is 0 Å². The zero-order chi connectivity index (χ0) is 10.9. The molecule has 1 saturated carbocycles. The zero-order valence-corrected chi connectivity index (χ0v) is 12.2. The SMILES string of the molecule is CNC1(CN(C)c2ccc(C)nc2)CC1.Cl.Cl. The van der Waals surface area contributed by atoms with Crippen molar-refractivity contribution in [2.45, 2.75) is 25.3 Å². The molecule has 1 aromatic heterocycles. The van der Waals surface area contributed by atoms with Gasteiger partial charge in [0.05, 0.1) is 11.9 Å². The Bertz CT molecular complexity index is 336. The third kappa shape index (κ3) is 4.02. The summed E-state index contributed by atoms with van der Waals surface area (Å²) < 4.78 is 0. The molecule has 0 radical (unpaired) electrons. The molecule has 0 spiro atoms. The van der Waals surface area contributed by atoms with Gasteiger partial charge in [-0.2, -0.15) is 0 Å². The molecule has 1 aliphatic rings. The molecule has 0 unspecified atom stereocenters. The van der Waals surface area contributed by atoms with Crippen LogP contribution in [0.15, 0.2) is 18.3 Å². The third-order valence-electron chi connectivity index (χ3n) is 3.26. The Morgan fingerprint density at radius 3 is 2.41 bits per heavy atom. The summed E-state index contributed by atoms with van der Waals surface area (Å²) in [5.74, 6) is 0. The van der Waals surface area contributed by atoms with Gasteiger partial charge in [-0.15, -0.1) is 24.8 Å². The van der Waals surface area contributed by atoms with Crippen LogP contribution in [-0.4, -0.2) is 31.2 Å². The molecule has 1 fully saturated rings. The minimum Gasteiger partial charge on any atom is -0.372 e. The van der Waals surface area contributed by atoms with Crippen LogP contribution >= 0.6 is 24.8 Å². The van der Waals surface area contributed by atoms with E-state index in [2.05, 4.69) is 34.4 Å². The summed E-state index contributed by atoms with van der Waals surface area (Å²) in [7, 11) is 4.18. The monoisotopic (exact) mass is 277 g/mol. The Kier molecular flexibility index (Phi) is 6.24. The van der Waals surface area contributed by atoms with E-state index in [9.17, 15) is 0 Å². The number of hydrogen-bond donors (Lipinski definition) is 1. The second-order valence-electron chi connectivity index (χ2n) is 4.54. The molecule has 0 bridgehead atoms. The topological polar surface area (TPSA) is 28.2 Å². The molecule has 1 aromatic rings. The van der Waals surface area contributed by atoms with E-state index >= 15 is 0 Å². The first-order valence-corrected chi connectivity index (χ1v) is 5.48. The van der Waals surface area contributed by atoms with Gasteiger partial charge in [0.1, 0.15) is 0 Å². The lowest BCUT2D eigenvalue weighted by Gasteiger charge is -2.25. The fourth-order valence-corrected chi connectivity index (χ4v) is 1.87. The van der Waals surface area contributed by atoms with Crippen molar-refractivity contribution in [1.29, 1.82) is 0 Å². The van der Waals surface area contributed by atoms with Gasteiger partial charge in [-0.05, 0) is 38.9 Å². The van der Waals surface area contributed by atoms with Crippen molar-refractivity contribution in [3.63, 3.8) is 0 Å². The van der Waals surface area contributed by atoms with Crippen LogP contribution < -0.4 is 10.2 Å². The van der Waals surface area contributed by atoms with E-state index in [0.717, 1.165) is 12.2 Å². The van der Waals surface area contributed by atoms with Crippen molar-refractivity contribution in [1.82, 2.24) is 10.3 Å². The van der Waals surface area contributed by atoms with Crippen molar-refractivity contribution in [2.24, 2.45) is 0 Å². The van der Waals surface area contributed by atoms with Gasteiger partial charge in [0, 0.05) is 24.8 Å². The van der Waals surface area contributed by atoms with Crippen LogP contribution in [-0.2, 0) is 0 Å². The average molecular weight is 278 g/mol. The molecular weight excluding hydrogens is 257 g/mol. The number of anilines is 1. The van der Waals surface area contributed by atoms with Crippen molar-refractivity contribution in [2.75, 3.05) is 25.5 Å². The lowest BCUT2D eigenvalue weighted by molar-refractivity contribution is 0.549. The molecule has 0 aliphatic heterocycles. The van der Waals surface area contributed by atoms with Crippen molar-refractivity contribution in [3.8, 4) is 0 Å². The largest absolute Gasteiger partial charge is 0.372 e. The van der Waals surface area contributed by atoms with E-state index in [-0.39, 0.29) is 24.8 Å². The predicted molar refractivity (Wildman–Crippen MR) is 77.8 cm³/mol. The Morgan fingerprint density at radius 1 is 1.35 bits per heavy atom. The molecular formula is C12H21Cl2N3. The highest BCUT2D eigenvalue weighted by atomic mass is 35.5. The van der Waals surface area contributed by atoms with Crippen molar-refractivity contribution >= 4 is 30.5 Å². The number of nitrogens with one attached hydrogen (secondary N) is 1. The molecule has 2 rings (SSSR count). The van der Waals surface area contributed by atoms with Crippen LogP contribution in [0.2, 0.25) is 0 Å². The van der Waals surface area contributed by atoms with Crippen molar-refractivity contribution < 1.29 is 0 Å². The average Bonchev–Trinajstić information content (AvgIpc) is 2.99. The number of halogens is 2. The van der Waals surface area contributed by atoms with E-state index in [1.807, 2.05) is 20.2 Å². The Morgan fingerprint density at radius 2 is 2.00 bits per heavy atom. The fraction of sp³-hybridized carbons (Fsp3) is 0.583. The maximum absolute atomic E-state index is 4.31. The van der Waals surface area contributed by atoms with Gasteiger partial charge < -0.3 is 10.2 Å². The van der Waals surface area contributed by atoms with E-state index in [4.69, 9.17) is 0 Å². The zero-order valence-electron chi connectivity index (χ0n) is 10.6. The molecule has 0 atom stereocenters. The Balaban J connectivity index is 0.00000128. The number of nitrogens with zero attached hydrogens (tertiary/aromatic N) is 2. The number of aromatic nitrogens is 1. The van der Waals surface area contributed by atoms with Gasteiger partial charge in [-0.25, -0.2) is 0 Å². The fourth-order valence-electron chi connectivity index (χ4n) is 1.87. The molecule has 3 nitrogen and oxygen atoms in total. The lowest BCUT2D eigenvalue weighted by Crippen LogP contribution is -2.39. The summed E-state index contributed by atoms with van der Waals surface area (Å²) >= 11 is 0. The van der Waals surface area contributed by atoms with Gasteiger partial charge >= 0.3 is 0 Å². The highest BCUT2D eigenvalue weighted by Crippen LogP contribution is 2.36. The number of aryl methyl sites for hydroxylation is 1. The summed E-state index contributed by atoms with van der Waals surface area (Å²) in [5, 5.41) is 3.40. The molecule has 0 amide bonds. The highest BCUT2D eigenvalue weighted by Gasteiger charge is 2.41. The molecule has 1 N–H and O–H groups in total. The summed E-state index contributed by atoms with van der Waals surface area (Å²) in [6, 6.07) is 4.19. The standard InChI is InChI=1S/C12H19N3.2ClH/c1-10-4-5-11(8-14-10)15(3)9-12(13-2)6-7-12;;/h4-5,8,13H,6-7,9H2,1-3H3;2*1H. The first kappa shape index (κ1) is 16.5. The van der Waals surface area contributed by atoms with E-state index in [1.165, 1.54) is 18.5 Å². The number of likely N-dealkylation sites (N-methyl/N-ethyl adjacent to an activating group) is 2. The Labute approximate surface area is 116 Å². The van der Waals surface area contributed by atoms with Crippen LogP contribution in [0.3, 0.4) is 0 Å². The first-order chi connectivity index (χ1) is 7.15. The molecule has 0 aromatic carbocycles. The summed E-state index contributed by atoms with van der Waals surface area (Å²) in [6.07, 6.45) is 4.52.